The van der Waals surface area contributed by atoms with Gasteiger partial charge in [0.1, 0.15) is 30.4 Å². The molecular formula is C48H70I2N4O8. The fourth-order valence-corrected chi connectivity index (χ4v) is 13.7. The summed E-state index contributed by atoms with van der Waals surface area (Å²) in [5, 5.41) is 36.4. The Balaban J connectivity index is 0.000000158. The number of hydroxylamine groups is 4. The Bertz CT molecular complexity index is 1900. The minimum atomic E-state index is -0.773. The minimum absolute atomic E-state index is 0.102. The van der Waals surface area contributed by atoms with E-state index in [-0.39, 0.29) is 49.3 Å². The van der Waals surface area contributed by atoms with E-state index in [9.17, 15) is 24.9 Å². The molecule has 0 spiro atoms. The molecule has 9 fully saturated rings. The average molecular weight is 1080 g/mol. The topological polar surface area (TPSA) is 167 Å². The number of benzene rings is 2. The van der Waals surface area contributed by atoms with E-state index in [0.717, 1.165) is 42.4 Å². The third-order valence-electron chi connectivity index (χ3n) is 16.6. The van der Waals surface area contributed by atoms with Crippen molar-refractivity contribution < 1.29 is 39.3 Å². The number of aliphatic hydroxyl groups is 3. The summed E-state index contributed by atoms with van der Waals surface area (Å²) in [5.41, 5.74) is 9.09. The van der Waals surface area contributed by atoms with Crippen LogP contribution in [0.1, 0.15) is 92.2 Å². The standard InChI is InChI=1S/C24H35IN2O4.C14H16INO4.C10H19N/c1-13-18-9-16(24(18,3)4)10-19(13)26-23(30)22-21(14(2)29)20(12-28)31-27(22)11-15-6-5-7-17(25)8-15;1-8-12-11(7-17)20-16(13(12)14(18)19-8)6-9-3-2-4-10(15)5-9;1-6-8-4-7(5-9(6)11)10(8,2)3/h5-8,13-14,16,18-22,28-29H,9-12H2,1-4H3,(H,26,30);2-5,8,11-13,17H,6-7H2,1H3;6-9H,4-5,11H2,1-3H3/t13-,14-,16+,18-,19-,20-,21+,22-;8-,11-,12+,13-;6-,7+,8-,9?/m000/s1. The van der Waals surface area contributed by atoms with Crippen LogP contribution in [0.2, 0.25) is 0 Å². The summed E-state index contributed by atoms with van der Waals surface area (Å²) in [6, 6.07) is 15.7. The molecule has 0 aromatic heterocycles. The first-order valence-electron chi connectivity index (χ1n) is 22.8. The number of cyclic esters (lactones) is 1. The number of ether oxygens (including phenoxy) is 1. The molecule has 3 aliphatic heterocycles. The second kappa shape index (κ2) is 19.4. The molecular weight excluding hydrogens is 1010 g/mol. The fourth-order valence-electron chi connectivity index (χ4n) is 12.5. The van der Waals surface area contributed by atoms with Crippen LogP contribution in [0.15, 0.2) is 48.5 Å². The van der Waals surface area contributed by atoms with Crippen LogP contribution in [0.3, 0.4) is 0 Å². The Hall–Kier alpha value is -1.48. The van der Waals surface area contributed by atoms with Gasteiger partial charge in [0.2, 0.25) is 5.91 Å². The van der Waals surface area contributed by atoms with Gasteiger partial charge in [-0.2, -0.15) is 10.1 Å². The van der Waals surface area contributed by atoms with Crippen molar-refractivity contribution in [2.75, 3.05) is 13.2 Å². The number of nitrogens with zero attached hydrogens (tertiary/aromatic N) is 2. The quantitative estimate of drug-likeness (QED) is 0.141. The van der Waals surface area contributed by atoms with Gasteiger partial charge in [0.05, 0.1) is 38.3 Å². The molecule has 2 aromatic rings. The van der Waals surface area contributed by atoms with Crippen molar-refractivity contribution in [2.45, 2.75) is 143 Å². The number of amides is 1. The maximum Gasteiger partial charge on any atom is 0.326 e. The number of rotatable bonds is 9. The van der Waals surface area contributed by atoms with Crippen molar-refractivity contribution in [3.63, 3.8) is 0 Å². The van der Waals surface area contributed by atoms with Crippen molar-refractivity contribution in [1.82, 2.24) is 15.4 Å². The van der Waals surface area contributed by atoms with Crippen LogP contribution < -0.4 is 11.1 Å². The smallest absolute Gasteiger partial charge is 0.326 e. The van der Waals surface area contributed by atoms with Crippen molar-refractivity contribution in [1.29, 1.82) is 0 Å². The molecule has 2 aromatic carbocycles. The number of nitrogens with two attached hydrogens (primary N) is 1. The van der Waals surface area contributed by atoms with E-state index in [2.05, 4.69) is 104 Å². The van der Waals surface area contributed by atoms with E-state index in [1.165, 1.54) is 19.3 Å². The predicted molar refractivity (Wildman–Crippen MR) is 253 cm³/mol. The molecule has 9 aliphatic rings. The Kier molecular flexibility index (Phi) is 15.2. The molecule has 3 saturated heterocycles. The Labute approximate surface area is 395 Å². The van der Waals surface area contributed by atoms with Gasteiger partial charge in [0, 0.05) is 25.1 Å². The summed E-state index contributed by atoms with van der Waals surface area (Å²) >= 11 is 4.52. The van der Waals surface area contributed by atoms with Crippen LogP contribution in [0.5, 0.6) is 0 Å². The highest BCUT2D eigenvalue weighted by Crippen LogP contribution is 2.62. The molecule has 62 heavy (non-hydrogen) atoms. The van der Waals surface area contributed by atoms with E-state index in [4.69, 9.17) is 20.1 Å². The monoisotopic (exact) mass is 1080 g/mol. The molecule has 14 heteroatoms. The maximum atomic E-state index is 13.6. The summed E-state index contributed by atoms with van der Waals surface area (Å²) in [5.74, 6) is 3.36. The lowest BCUT2D eigenvalue weighted by molar-refractivity contribution is -0.195. The number of fused-ring (bicyclic) bond motifs is 5. The van der Waals surface area contributed by atoms with Gasteiger partial charge in [-0.3, -0.25) is 19.3 Å². The number of esters is 1. The van der Waals surface area contributed by atoms with Gasteiger partial charge in [0.25, 0.3) is 0 Å². The van der Waals surface area contributed by atoms with E-state index in [1.54, 1.807) is 17.1 Å². The van der Waals surface area contributed by atoms with Crippen molar-refractivity contribution in [2.24, 2.45) is 63.9 Å². The van der Waals surface area contributed by atoms with Crippen LogP contribution >= 0.6 is 45.2 Å². The Morgan fingerprint density at radius 2 is 1.37 bits per heavy atom. The number of nitrogens with one attached hydrogen (secondary N) is 1. The molecule has 4 bridgehead atoms. The molecule has 6 N–H and O–H groups in total. The fraction of sp³-hybridized carbons (Fsp3) is 0.708. The van der Waals surface area contributed by atoms with Crippen LogP contribution in [-0.4, -0.2) is 99.1 Å². The lowest BCUT2D eigenvalue weighted by atomic mass is 9.45. The SMILES string of the molecule is C[C@@H]1C(N)C[C@H]2C[C@@H]1C2(C)C.C[C@@H]1OC(=O)[C@@H]2[C@H]1[C@H](CO)ON2Cc1cccc(I)c1.C[C@@H]1[C@@H](NC(=O)[C@@H]2[C@H]([C@H](C)O)[C@H](CO)ON2Cc2cccc(I)c2)C[C@H]2C[C@@H]1C2(C)C. The first kappa shape index (κ1) is 48.5. The van der Waals surface area contributed by atoms with Crippen molar-refractivity contribution >= 4 is 57.1 Å². The molecule has 12 nitrogen and oxygen atoms in total. The molecule has 3 heterocycles. The van der Waals surface area contributed by atoms with Gasteiger partial charge in [0.15, 0.2) is 0 Å². The van der Waals surface area contributed by atoms with Crippen molar-refractivity contribution in [3.05, 3.63) is 66.8 Å². The highest BCUT2D eigenvalue weighted by atomic mass is 127. The summed E-state index contributed by atoms with van der Waals surface area (Å²) in [6.07, 6.45) is 3.01. The zero-order valence-electron chi connectivity index (χ0n) is 37.6. The summed E-state index contributed by atoms with van der Waals surface area (Å²) in [6.45, 7) is 18.2. The first-order valence-corrected chi connectivity index (χ1v) is 24.9. The number of hydrogen-bond acceptors (Lipinski definition) is 11. The number of carbonyl (C=O) groups is 2. The zero-order chi connectivity index (χ0) is 45.0. The molecule has 1 unspecified atom stereocenters. The second-order valence-electron chi connectivity index (χ2n) is 20.7. The minimum Gasteiger partial charge on any atom is -0.461 e. The van der Waals surface area contributed by atoms with Gasteiger partial charge >= 0.3 is 5.97 Å². The first-order chi connectivity index (χ1) is 29.3. The van der Waals surface area contributed by atoms with Crippen LogP contribution in [-0.2, 0) is 37.1 Å². The Morgan fingerprint density at radius 1 is 0.839 bits per heavy atom. The molecule has 11 rings (SSSR count). The predicted octanol–water partition coefficient (Wildman–Crippen LogP) is 6.30. The molecule has 344 valence electrons. The van der Waals surface area contributed by atoms with Gasteiger partial charge < -0.3 is 31.1 Å². The second-order valence-corrected chi connectivity index (χ2v) is 23.2. The number of halogens is 2. The van der Waals surface area contributed by atoms with E-state index >= 15 is 0 Å². The molecule has 6 saturated carbocycles. The highest BCUT2D eigenvalue weighted by Gasteiger charge is 2.59. The summed E-state index contributed by atoms with van der Waals surface area (Å²) in [7, 11) is 0. The number of hydrogen-bond donors (Lipinski definition) is 5. The Morgan fingerprint density at radius 3 is 1.85 bits per heavy atom. The maximum absolute atomic E-state index is 13.6. The third-order valence-corrected chi connectivity index (χ3v) is 17.9. The molecule has 16 atom stereocenters. The molecule has 0 radical (unpaired) electrons. The van der Waals surface area contributed by atoms with Crippen LogP contribution in [0.25, 0.3) is 0 Å². The third kappa shape index (κ3) is 9.53. The highest BCUT2D eigenvalue weighted by molar-refractivity contribution is 14.1. The van der Waals surface area contributed by atoms with Gasteiger partial charge in [-0.25, -0.2) is 0 Å². The van der Waals surface area contributed by atoms with Crippen molar-refractivity contribution in [3.8, 4) is 0 Å². The van der Waals surface area contributed by atoms with Gasteiger partial charge in [-0.05, 0) is 166 Å². The normalized spacial score (nSPS) is 39.1. The lowest BCUT2D eigenvalue weighted by Gasteiger charge is -2.62. The van der Waals surface area contributed by atoms with E-state index in [0.29, 0.717) is 47.7 Å². The number of aliphatic hydroxyl groups excluding tert-OH is 3. The van der Waals surface area contributed by atoms with Crippen LogP contribution in [0.4, 0.5) is 0 Å². The summed E-state index contributed by atoms with van der Waals surface area (Å²) < 4.78 is 7.52. The lowest BCUT2D eigenvalue weighted by Crippen LogP contribution is -2.62. The van der Waals surface area contributed by atoms with Gasteiger partial charge in [-0.15, -0.1) is 0 Å². The number of carbonyl (C=O) groups excluding carboxylic acids is 2. The van der Waals surface area contributed by atoms with E-state index < -0.39 is 30.2 Å². The molecule has 6 aliphatic carbocycles. The van der Waals surface area contributed by atoms with Crippen LogP contribution in [0, 0.1) is 65.3 Å². The van der Waals surface area contributed by atoms with E-state index in [1.807, 2.05) is 43.3 Å². The summed E-state index contributed by atoms with van der Waals surface area (Å²) in [4.78, 5) is 37.3. The van der Waals surface area contributed by atoms with Gasteiger partial charge in [-0.1, -0.05) is 65.8 Å². The largest absolute Gasteiger partial charge is 0.461 e. The molecule has 1 amide bonds. The zero-order valence-corrected chi connectivity index (χ0v) is 41.9. The average Bonchev–Trinajstić information content (AvgIpc) is 3.87.